The average Bonchev–Trinajstić information content (AvgIpc) is 2.35. The van der Waals surface area contributed by atoms with Gasteiger partial charge in [0.1, 0.15) is 6.29 Å². The van der Waals surface area contributed by atoms with Crippen LogP contribution in [0, 0.1) is 0 Å². The largest absolute Gasteiger partial charge is 0.298 e. The molecule has 0 fully saturated rings. The van der Waals surface area contributed by atoms with Gasteiger partial charge in [-0.1, -0.05) is 12.2 Å². The second-order valence-electron chi connectivity index (χ2n) is 3.14. The smallest absolute Gasteiger partial charge is 0.150 e. The summed E-state index contributed by atoms with van der Waals surface area (Å²) in [5.41, 5.74) is 1.53. The number of nitrogens with zero attached hydrogens (tertiary/aromatic N) is 1. The number of aldehydes is 1. The number of hydroxylamine groups is 1. The van der Waals surface area contributed by atoms with Crippen molar-refractivity contribution in [2.24, 2.45) is 0 Å². The third kappa shape index (κ3) is 3.37. The van der Waals surface area contributed by atoms with Gasteiger partial charge in [0.15, 0.2) is 0 Å². The zero-order valence-electron chi connectivity index (χ0n) is 9.13. The topological polar surface area (TPSA) is 29.5 Å². The highest BCUT2D eigenvalue weighted by Crippen LogP contribution is 2.15. The maximum atomic E-state index is 10.5. The van der Waals surface area contributed by atoms with Gasteiger partial charge in [0.25, 0.3) is 0 Å². The molecule has 0 heterocycles. The second kappa shape index (κ2) is 6.58. The molecule has 0 aromatic heterocycles. The van der Waals surface area contributed by atoms with E-state index in [-0.39, 0.29) is 0 Å². The predicted molar refractivity (Wildman–Crippen MR) is 65.5 cm³/mol. The van der Waals surface area contributed by atoms with Crippen LogP contribution in [0.5, 0.6) is 0 Å². The van der Waals surface area contributed by atoms with Crippen LogP contribution in [0.3, 0.4) is 0 Å². The molecule has 0 aliphatic rings. The lowest BCUT2D eigenvalue weighted by molar-refractivity contribution is 0.112. The van der Waals surface area contributed by atoms with E-state index in [2.05, 4.69) is 13.2 Å². The molecular weight excluding hydrogens is 202 g/mol. The maximum absolute atomic E-state index is 10.5. The molecule has 84 valence electrons. The molecule has 0 spiro atoms. The molecular formula is C13H15NO2. The third-order valence-corrected chi connectivity index (χ3v) is 1.96. The Morgan fingerprint density at radius 3 is 2.38 bits per heavy atom. The van der Waals surface area contributed by atoms with Gasteiger partial charge in [-0.2, -0.15) is 0 Å². The molecule has 1 aromatic carbocycles. The van der Waals surface area contributed by atoms with Gasteiger partial charge in [-0.3, -0.25) is 14.7 Å². The molecule has 16 heavy (non-hydrogen) atoms. The molecule has 0 aliphatic carbocycles. The summed E-state index contributed by atoms with van der Waals surface area (Å²) >= 11 is 0. The van der Waals surface area contributed by atoms with Crippen molar-refractivity contribution in [3.05, 3.63) is 55.1 Å². The molecule has 0 atom stereocenters. The molecule has 0 unspecified atom stereocenters. The Morgan fingerprint density at radius 1 is 1.19 bits per heavy atom. The van der Waals surface area contributed by atoms with Crippen molar-refractivity contribution in [3.8, 4) is 0 Å². The number of anilines is 1. The van der Waals surface area contributed by atoms with Crippen LogP contribution in [0.1, 0.15) is 10.4 Å². The third-order valence-electron chi connectivity index (χ3n) is 1.96. The Bertz CT molecular complexity index is 357. The zero-order valence-corrected chi connectivity index (χ0v) is 9.13. The Morgan fingerprint density at radius 2 is 1.88 bits per heavy atom. The van der Waals surface area contributed by atoms with Crippen LogP contribution in [0.25, 0.3) is 0 Å². The molecule has 3 nitrogen and oxygen atoms in total. The van der Waals surface area contributed by atoms with E-state index in [0.29, 0.717) is 18.7 Å². The van der Waals surface area contributed by atoms with Crippen molar-refractivity contribution < 1.29 is 9.63 Å². The minimum Gasteiger partial charge on any atom is -0.298 e. The first-order valence-electron chi connectivity index (χ1n) is 4.99. The molecule has 0 bridgehead atoms. The van der Waals surface area contributed by atoms with Gasteiger partial charge >= 0.3 is 0 Å². The molecule has 0 radical (unpaired) electrons. The molecule has 0 N–H and O–H groups in total. The fourth-order valence-corrected chi connectivity index (χ4v) is 1.21. The van der Waals surface area contributed by atoms with Gasteiger partial charge in [0.05, 0.1) is 18.8 Å². The minimum atomic E-state index is 0.434. The highest BCUT2D eigenvalue weighted by molar-refractivity contribution is 5.75. The number of rotatable bonds is 7. The van der Waals surface area contributed by atoms with E-state index >= 15 is 0 Å². The van der Waals surface area contributed by atoms with Crippen molar-refractivity contribution >= 4 is 12.0 Å². The fourth-order valence-electron chi connectivity index (χ4n) is 1.21. The first-order chi connectivity index (χ1) is 7.81. The van der Waals surface area contributed by atoms with Crippen molar-refractivity contribution in [2.45, 2.75) is 0 Å². The summed E-state index contributed by atoms with van der Waals surface area (Å²) in [5, 5.41) is 1.70. The lowest BCUT2D eigenvalue weighted by atomic mass is 10.2. The van der Waals surface area contributed by atoms with Crippen LogP contribution < -0.4 is 5.06 Å². The molecule has 1 rings (SSSR count). The van der Waals surface area contributed by atoms with E-state index in [9.17, 15) is 4.79 Å². The summed E-state index contributed by atoms with van der Waals surface area (Å²) in [5.74, 6) is 0. The second-order valence-corrected chi connectivity index (χ2v) is 3.14. The summed E-state index contributed by atoms with van der Waals surface area (Å²) in [6, 6.07) is 7.15. The Balaban J connectivity index is 2.78. The Hall–Kier alpha value is -1.87. The van der Waals surface area contributed by atoms with Crippen LogP contribution in [-0.2, 0) is 4.84 Å². The molecule has 0 aliphatic heterocycles. The van der Waals surface area contributed by atoms with Crippen LogP contribution in [0.2, 0.25) is 0 Å². The summed E-state index contributed by atoms with van der Waals surface area (Å²) in [6.45, 7) is 8.27. The highest BCUT2D eigenvalue weighted by atomic mass is 16.7. The predicted octanol–water partition coefficient (Wildman–Crippen LogP) is 2.61. The van der Waals surface area contributed by atoms with Crippen LogP contribution in [0.15, 0.2) is 49.6 Å². The summed E-state index contributed by atoms with van der Waals surface area (Å²) < 4.78 is 0. The van der Waals surface area contributed by atoms with Crippen LogP contribution in [0.4, 0.5) is 5.69 Å². The monoisotopic (exact) mass is 217 g/mol. The molecule has 3 heteroatoms. The number of hydrogen-bond acceptors (Lipinski definition) is 3. The van der Waals surface area contributed by atoms with Gasteiger partial charge in [-0.15, -0.1) is 13.2 Å². The van der Waals surface area contributed by atoms with E-state index in [4.69, 9.17) is 4.84 Å². The lowest BCUT2D eigenvalue weighted by Crippen LogP contribution is -2.23. The van der Waals surface area contributed by atoms with Crippen LogP contribution >= 0.6 is 0 Å². The minimum absolute atomic E-state index is 0.434. The Labute approximate surface area is 95.6 Å². The average molecular weight is 217 g/mol. The van der Waals surface area contributed by atoms with E-state index in [1.807, 2.05) is 12.1 Å². The molecule has 0 saturated carbocycles. The van der Waals surface area contributed by atoms with Gasteiger partial charge in [0, 0.05) is 5.56 Å². The van der Waals surface area contributed by atoms with Gasteiger partial charge in [0.2, 0.25) is 0 Å². The van der Waals surface area contributed by atoms with Crippen LogP contribution in [-0.4, -0.2) is 19.4 Å². The fraction of sp³-hybridized carbons (Fsp3) is 0.154. The van der Waals surface area contributed by atoms with Gasteiger partial charge in [-0.05, 0) is 24.3 Å². The molecule has 1 aromatic rings. The first kappa shape index (κ1) is 12.2. The van der Waals surface area contributed by atoms with E-state index in [0.717, 1.165) is 12.0 Å². The Kier molecular flexibility index (Phi) is 5.02. The summed E-state index contributed by atoms with van der Waals surface area (Å²) in [7, 11) is 0. The SMILES string of the molecule is C=CCON(CC=C)c1ccc(C=O)cc1. The van der Waals surface area contributed by atoms with Gasteiger partial charge < -0.3 is 0 Å². The summed E-state index contributed by atoms with van der Waals surface area (Å²) in [6.07, 6.45) is 4.23. The lowest BCUT2D eigenvalue weighted by Gasteiger charge is -2.21. The van der Waals surface area contributed by atoms with E-state index < -0.39 is 0 Å². The molecule has 0 saturated heterocycles. The normalized spacial score (nSPS) is 9.50. The van der Waals surface area contributed by atoms with Crippen molar-refractivity contribution in [2.75, 3.05) is 18.2 Å². The highest BCUT2D eigenvalue weighted by Gasteiger charge is 2.04. The first-order valence-corrected chi connectivity index (χ1v) is 4.99. The van der Waals surface area contributed by atoms with Crippen molar-refractivity contribution in [1.82, 2.24) is 0 Å². The standard InChI is InChI=1S/C13H15NO2/c1-3-9-14(16-10-4-2)13-7-5-12(11-15)6-8-13/h3-8,11H,1-2,9-10H2. The van der Waals surface area contributed by atoms with E-state index in [1.165, 1.54) is 0 Å². The summed E-state index contributed by atoms with van der Waals surface area (Å²) in [4.78, 5) is 16.0. The zero-order chi connectivity index (χ0) is 11.8. The maximum Gasteiger partial charge on any atom is 0.150 e. The number of carbonyl (C=O) groups is 1. The van der Waals surface area contributed by atoms with Crippen molar-refractivity contribution in [1.29, 1.82) is 0 Å². The number of carbonyl (C=O) groups excluding carboxylic acids is 1. The molecule has 0 amide bonds. The quantitative estimate of drug-likeness (QED) is 0.399. The van der Waals surface area contributed by atoms with Crippen molar-refractivity contribution in [3.63, 3.8) is 0 Å². The number of hydrogen-bond donors (Lipinski definition) is 0. The van der Waals surface area contributed by atoms with Gasteiger partial charge in [-0.25, -0.2) is 0 Å². The van der Waals surface area contributed by atoms with E-state index in [1.54, 1.807) is 29.3 Å². The number of benzene rings is 1.